The minimum Gasteiger partial charge on any atom is -0.466 e. The zero-order valence-corrected chi connectivity index (χ0v) is 23.7. The normalized spacial score (nSPS) is 11.0. The number of hydrogen-bond donors (Lipinski definition) is 0. The topological polar surface area (TPSA) is 78.4 Å². The van der Waals surface area contributed by atoms with Gasteiger partial charge in [0.25, 0.3) is 0 Å². The summed E-state index contributed by atoms with van der Waals surface area (Å²) in [6, 6.07) is 16.0. The molecule has 0 bridgehead atoms. The van der Waals surface area contributed by atoms with Crippen molar-refractivity contribution in [1.82, 2.24) is 9.97 Å². The number of hydrogen-bond acceptors (Lipinski definition) is 6. The van der Waals surface area contributed by atoms with Crippen LogP contribution in [0.3, 0.4) is 0 Å². The second kappa shape index (κ2) is 12.1. The molecule has 208 valence electrons. The first-order chi connectivity index (χ1) is 18.5. The van der Waals surface area contributed by atoms with Crippen molar-refractivity contribution >= 4 is 11.9 Å². The Balaban J connectivity index is 0.00000441. The fourth-order valence-electron chi connectivity index (χ4n) is 3.93. The molecule has 6 nitrogen and oxygen atoms in total. The van der Waals surface area contributed by atoms with Crippen molar-refractivity contribution in [1.29, 1.82) is 0 Å². The minimum atomic E-state index is -1.18. The Morgan fingerprint density at radius 2 is 1.10 bits per heavy atom. The van der Waals surface area contributed by atoms with Crippen LogP contribution in [-0.2, 0) is 36.0 Å². The maximum Gasteiger partial charge on any atom is 2.00 e. The maximum atomic E-state index is 15.1. The quantitative estimate of drug-likeness (QED) is 0.141. The van der Waals surface area contributed by atoms with Gasteiger partial charge < -0.3 is 19.4 Å². The molecule has 0 aliphatic heterocycles. The van der Waals surface area contributed by atoms with E-state index < -0.39 is 51.7 Å². The molecule has 0 unspecified atom stereocenters. The summed E-state index contributed by atoms with van der Waals surface area (Å²) in [6.07, 6.45) is 0. The summed E-state index contributed by atoms with van der Waals surface area (Å²) < 4.78 is 67.4. The summed E-state index contributed by atoms with van der Waals surface area (Å²) in [7, 11) is 2.01. The predicted molar refractivity (Wildman–Crippen MR) is 132 cm³/mol. The van der Waals surface area contributed by atoms with E-state index in [9.17, 15) is 18.4 Å². The summed E-state index contributed by atoms with van der Waals surface area (Å²) >= 11 is 0. The van der Waals surface area contributed by atoms with E-state index in [1.54, 1.807) is 38.1 Å². The largest absolute Gasteiger partial charge is 2.00 e. The number of halogens is 4. The van der Waals surface area contributed by atoms with E-state index in [2.05, 4.69) is 31.6 Å². The fourth-order valence-corrected chi connectivity index (χ4v) is 3.93. The van der Waals surface area contributed by atoms with Crippen molar-refractivity contribution in [2.75, 3.05) is 14.2 Å². The third kappa shape index (κ3) is 5.54. The number of ether oxygens (including phenoxy) is 2. The summed E-state index contributed by atoms with van der Waals surface area (Å²) in [5.74, 6) is -6.96. The molecule has 11 heteroatoms. The van der Waals surface area contributed by atoms with E-state index in [1.165, 1.54) is 12.1 Å². The molecular weight excluding hydrogens is 711 g/mol. The van der Waals surface area contributed by atoms with Gasteiger partial charge in [-0.25, -0.2) is 9.59 Å². The number of carbonyl (C=O) groups excluding carboxylic acids is 2. The van der Waals surface area contributed by atoms with Gasteiger partial charge in [0, 0.05) is 27.9 Å². The molecule has 0 aliphatic carbocycles. The molecule has 2 aromatic carbocycles. The van der Waals surface area contributed by atoms with E-state index in [4.69, 9.17) is 0 Å². The van der Waals surface area contributed by atoms with Gasteiger partial charge in [0.1, 0.15) is 0 Å². The van der Waals surface area contributed by atoms with E-state index in [0.29, 0.717) is 11.4 Å². The molecule has 0 atom stereocenters. The van der Waals surface area contributed by atoms with Gasteiger partial charge in [0.2, 0.25) is 0 Å². The zero-order valence-electron chi connectivity index (χ0n) is 21.5. The van der Waals surface area contributed by atoms with Crippen molar-refractivity contribution in [3.63, 3.8) is 0 Å². The molecule has 4 aromatic rings. The molecule has 2 aromatic heterocycles. The average Bonchev–Trinajstić information content (AvgIpc) is 2.93. The van der Waals surface area contributed by atoms with Gasteiger partial charge in [0.15, 0.2) is 0 Å². The Kier molecular flexibility index (Phi) is 9.25. The van der Waals surface area contributed by atoms with Crippen LogP contribution in [-0.4, -0.2) is 36.1 Å². The molecule has 0 saturated carbocycles. The van der Waals surface area contributed by atoms with E-state index in [1.807, 2.05) is 0 Å². The second-order valence-electron chi connectivity index (χ2n) is 8.83. The third-order valence-corrected chi connectivity index (χ3v) is 6.11. The van der Waals surface area contributed by atoms with E-state index in [-0.39, 0.29) is 43.6 Å². The van der Waals surface area contributed by atoms with Gasteiger partial charge in [-0.1, -0.05) is 35.4 Å². The molecular formula is C29H20F4N2O4Pt. The van der Waals surface area contributed by atoms with Gasteiger partial charge in [0.05, 0.1) is 37.5 Å². The molecule has 0 spiro atoms. The molecule has 0 radical (unpaired) electrons. The number of methoxy groups -OCH3 is 2. The van der Waals surface area contributed by atoms with Gasteiger partial charge in [-0.05, 0) is 37.4 Å². The van der Waals surface area contributed by atoms with Crippen LogP contribution >= 0.6 is 0 Å². The maximum absolute atomic E-state index is 15.1. The second-order valence-corrected chi connectivity index (χ2v) is 8.83. The first-order valence-electron chi connectivity index (χ1n) is 11.4. The van der Waals surface area contributed by atoms with Crippen LogP contribution in [0.2, 0.25) is 0 Å². The Bertz CT molecular complexity index is 1490. The summed E-state index contributed by atoms with van der Waals surface area (Å²) in [5.41, 5.74) is -2.22. The smallest absolute Gasteiger partial charge is 0.466 e. The number of nitrogens with zero attached hydrogens (tertiary/aromatic N) is 2. The Labute approximate surface area is 241 Å². The number of aromatic nitrogens is 2. The van der Waals surface area contributed by atoms with Crippen LogP contribution < -0.4 is 0 Å². The number of benzene rings is 2. The van der Waals surface area contributed by atoms with E-state index >= 15 is 8.78 Å². The summed E-state index contributed by atoms with van der Waals surface area (Å²) in [5, 5.41) is 0. The Morgan fingerprint density at radius 3 is 1.45 bits per heavy atom. The van der Waals surface area contributed by atoms with Gasteiger partial charge in [-0.3, -0.25) is 17.6 Å². The molecule has 0 N–H and O–H groups in total. The number of rotatable bonds is 6. The molecule has 0 aliphatic rings. The van der Waals surface area contributed by atoms with Crippen molar-refractivity contribution < 1.29 is 57.7 Å². The average molecular weight is 732 g/mol. The van der Waals surface area contributed by atoms with E-state index in [0.717, 1.165) is 26.4 Å². The number of carbonyl (C=O) groups is 2. The standard InChI is InChI=1S/C29H20F4N2O4.Pt/c1-29(2,21-9-5-7-19(34-21)15-11-13-17(30)23(25(15)32)27(36)38-3)22-10-6-8-20(35-22)16-12-14-18(31)24(26(16)33)28(37)39-4;/h5-10,13-14H,1-4H3;/q-2;+2. The molecule has 0 fully saturated rings. The van der Waals surface area contributed by atoms with Crippen molar-refractivity contribution in [3.8, 4) is 22.5 Å². The van der Waals surface area contributed by atoms with Crippen molar-refractivity contribution in [2.24, 2.45) is 0 Å². The number of pyridine rings is 2. The summed E-state index contributed by atoms with van der Waals surface area (Å²) in [4.78, 5) is 32.8. The SMILES string of the molecule is COC(=O)c1c(F)c[c-]c(-c2cccc(C(C)(C)c3cccc(-c4[c-]cc(F)c(C(=O)OC)c4F)n3)n2)c1F.[Pt+2]. The van der Waals surface area contributed by atoms with Crippen LogP contribution in [0.1, 0.15) is 46.0 Å². The monoisotopic (exact) mass is 731 g/mol. The summed E-state index contributed by atoms with van der Waals surface area (Å²) in [6.45, 7) is 3.53. The van der Waals surface area contributed by atoms with Crippen LogP contribution in [0.25, 0.3) is 22.5 Å². The zero-order chi connectivity index (χ0) is 28.5. The van der Waals surface area contributed by atoms with Crippen LogP contribution in [0.15, 0.2) is 48.5 Å². The van der Waals surface area contributed by atoms with Gasteiger partial charge in [-0.2, -0.15) is 0 Å². The van der Waals surface area contributed by atoms with Gasteiger partial charge in [-0.15, -0.1) is 24.3 Å². The van der Waals surface area contributed by atoms with Crippen LogP contribution in [0, 0.1) is 35.4 Å². The predicted octanol–water partition coefficient (Wildman–Crippen LogP) is 5.86. The van der Waals surface area contributed by atoms with Gasteiger partial charge >= 0.3 is 33.0 Å². The Morgan fingerprint density at radius 1 is 0.725 bits per heavy atom. The van der Waals surface area contributed by atoms with Crippen LogP contribution in [0.5, 0.6) is 0 Å². The van der Waals surface area contributed by atoms with Crippen LogP contribution in [0.4, 0.5) is 17.6 Å². The third-order valence-electron chi connectivity index (χ3n) is 6.11. The number of esters is 2. The molecule has 0 amide bonds. The minimum absolute atomic E-state index is 0. The Hall–Kier alpha value is -3.91. The fraction of sp³-hybridized carbons (Fsp3) is 0.172. The molecule has 2 heterocycles. The first-order valence-corrected chi connectivity index (χ1v) is 11.4. The first kappa shape index (κ1) is 30.6. The van der Waals surface area contributed by atoms with Crippen molar-refractivity contribution in [3.05, 3.63) is 106 Å². The molecule has 4 rings (SSSR count). The van der Waals surface area contributed by atoms with Crippen molar-refractivity contribution in [2.45, 2.75) is 19.3 Å². The molecule has 0 saturated heterocycles. The molecule has 40 heavy (non-hydrogen) atoms.